The van der Waals surface area contributed by atoms with Crippen molar-refractivity contribution in [1.29, 1.82) is 0 Å². The number of anilines is 2. The summed E-state index contributed by atoms with van der Waals surface area (Å²) >= 11 is 1.99. The first-order valence-corrected chi connectivity index (χ1v) is 7.93. The van der Waals surface area contributed by atoms with Gasteiger partial charge < -0.3 is 14.5 Å². The van der Waals surface area contributed by atoms with Crippen LogP contribution in [0.4, 0.5) is 11.4 Å². The van der Waals surface area contributed by atoms with Crippen molar-refractivity contribution in [2.24, 2.45) is 0 Å². The monoisotopic (exact) mass is 378 g/mol. The van der Waals surface area contributed by atoms with Gasteiger partial charge in [-0.05, 0) is 25.0 Å². The molecule has 0 spiro atoms. The summed E-state index contributed by atoms with van der Waals surface area (Å²) in [5.74, 6) is 0. The predicted molar refractivity (Wildman–Crippen MR) is 93.2 cm³/mol. The van der Waals surface area contributed by atoms with Crippen molar-refractivity contribution in [3.8, 4) is 0 Å². The van der Waals surface area contributed by atoms with Gasteiger partial charge in [-0.25, -0.2) is 0 Å². The summed E-state index contributed by atoms with van der Waals surface area (Å²) in [4.78, 5) is 0. The number of halogens is 1. The zero-order valence-electron chi connectivity index (χ0n) is 12.5. The average molecular weight is 378 g/mol. The van der Waals surface area contributed by atoms with Crippen LogP contribution in [0.5, 0.6) is 0 Å². The van der Waals surface area contributed by atoms with E-state index in [1.54, 1.807) is 0 Å². The molecule has 0 saturated carbocycles. The molecular weight excluding hydrogens is 351 g/mol. The van der Waals surface area contributed by atoms with Crippen molar-refractivity contribution >= 4 is 34.4 Å². The Kier molecular flexibility index (Phi) is 9.18. The molecule has 0 atom stereocenters. The Morgan fingerprint density at radius 3 is 2.00 bits per heavy atom. The fourth-order valence-corrected chi connectivity index (χ4v) is 2.99. The van der Waals surface area contributed by atoms with Gasteiger partial charge in [0, 0.05) is 16.9 Å². The molecule has 1 aromatic rings. The molecule has 0 unspecified atom stereocenters. The Bertz CT molecular complexity index is 363. The van der Waals surface area contributed by atoms with E-state index in [2.05, 4.69) is 13.8 Å². The minimum atomic E-state index is -0.276. The molecule has 4 N–H and O–H groups in total. The molecule has 0 bridgehead atoms. The molecule has 110 valence electrons. The molecule has 0 aromatic heterocycles. The lowest BCUT2D eigenvalue weighted by Gasteiger charge is -2.32. The largest absolute Gasteiger partial charge is 0.399 e. The molecule has 3 nitrogen and oxygen atoms in total. The highest BCUT2D eigenvalue weighted by molar-refractivity contribution is 14.1. The first kappa shape index (κ1) is 18.5. The van der Waals surface area contributed by atoms with Crippen LogP contribution in [0.15, 0.2) is 18.2 Å². The predicted octanol–water partition coefficient (Wildman–Crippen LogP) is 5.04. The number of nitrogen functional groups attached to an aromatic ring is 2. The van der Waals surface area contributed by atoms with E-state index in [-0.39, 0.29) is 5.60 Å². The molecule has 0 fully saturated rings. The van der Waals surface area contributed by atoms with Crippen LogP contribution in [0.2, 0.25) is 0 Å². The molecule has 0 saturated heterocycles. The fourth-order valence-electron chi connectivity index (χ4n) is 2.32. The standard InChI is InChI=1S/C13H21IN2O.C2H6/c1-3-7-13(17-14,8-4-2)11-6-5-10(15)9-12(11)16;1-2/h5-6,9H,3-4,7-8,15-16H2,1-2H3;1-2H3. The third-order valence-corrected chi connectivity index (χ3v) is 3.86. The summed E-state index contributed by atoms with van der Waals surface area (Å²) in [5.41, 5.74) is 14.0. The van der Waals surface area contributed by atoms with Crippen LogP contribution in [-0.2, 0) is 8.67 Å². The van der Waals surface area contributed by atoms with Gasteiger partial charge in [0.15, 0.2) is 0 Å². The van der Waals surface area contributed by atoms with Gasteiger partial charge in [-0.1, -0.05) is 46.6 Å². The van der Waals surface area contributed by atoms with Crippen LogP contribution in [0, 0.1) is 0 Å². The molecule has 1 aromatic carbocycles. The minimum absolute atomic E-state index is 0.276. The summed E-state index contributed by atoms with van der Waals surface area (Å²) in [5, 5.41) is 0. The van der Waals surface area contributed by atoms with Crippen LogP contribution >= 0.6 is 23.0 Å². The molecule has 0 aliphatic rings. The molecule has 0 heterocycles. The van der Waals surface area contributed by atoms with Crippen molar-refractivity contribution in [3.05, 3.63) is 23.8 Å². The first-order valence-electron chi connectivity index (χ1n) is 7.05. The molecule has 0 aliphatic heterocycles. The number of nitrogens with two attached hydrogens (primary N) is 2. The Morgan fingerprint density at radius 2 is 1.63 bits per heavy atom. The summed E-state index contributed by atoms with van der Waals surface area (Å²) < 4.78 is 5.77. The highest BCUT2D eigenvalue weighted by Gasteiger charge is 2.33. The van der Waals surface area contributed by atoms with Crippen LogP contribution in [-0.4, -0.2) is 0 Å². The smallest absolute Gasteiger partial charge is 0.110 e. The summed E-state index contributed by atoms with van der Waals surface area (Å²) in [6, 6.07) is 5.70. The van der Waals surface area contributed by atoms with Crippen LogP contribution in [0.25, 0.3) is 0 Å². The number of rotatable bonds is 6. The van der Waals surface area contributed by atoms with Gasteiger partial charge >= 0.3 is 0 Å². The lowest BCUT2D eigenvalue weighted by Crippen LogP contribution is -2.27. The van der Waals surface area contributed by atoms with Gasteiger partial charge in [0.2, 0.25) is 0 Å². The highest BCUT2D eigenvalue weighted by Crippen LogP contribution is 2.40. The van der Waals surface area contributed by atoms with Crippen molar-refractivity contribution < 1.29 is 3.07 Å². The summed E-state index contributed by atoms with van der Waals surface area (Å²) in [6.07, 6.45) is 4.06. The van der Waals surface area contributed by atoms with Gasteiger partial charge in [-0.15, -0.1) is 0 Å². The van der Waals surface area contributed by atoms with Crippen LogP contribution in [0.1, 0.15) is 58.9 Å². The second kappa shape index (κ2) is 9.42. The van der Waals surface area contributed by atoms with E-state index in [1.165, 1.54) is 0 Å². The lowest BCUT2D eigenvalue weighted by molar-refractivity contribution is 0.0992. The van der Waals surface area contributed by atoms with E-state index in [1.807, 2.05) is 55.1 Å². The van der Waals surface area contributed by atoms with Gasteiger partial charge in [-0.2, -0.15) is 0 Å². The normalized spacial score (nSPS) is 10.8. The quantitative estimate of drug-likeness (QED) is 0.539. The number of benzene rings is 1. The Balaban J connectivity index is 0.00000154. The molecule has 0 aliphatic carbocycles. The van der Waals surface area contributed by atoms with Crippen LogP contribution < -0.4 is 11.5 Å². The number of hydrogen-bond acceptors (Lipinski definition) is 3. The van der Waals surface area contributed by atoms with Crippen molar-refractivity contribution in [2.75, 3.05) is 11.5 Å². The maximum atomic E-state index is 6.08. The Labute approximate surface area is 131 Å². The molecule has 0 radical (unpaired) electrons. The third kappa shape index (κ3) is 4.84. The summed E-state index contributed by atoms with van der Waals surface area (Å²) in [7, 11) is 0. The second-order valence-corrected chi connectivity index (χ2v) is 4.86. The van der Waals surface area contributed by atoms with E-state index in [9.17, 15) is 0 Å². The van der Waals surface area contributed by atoms with Gasteiger partial charge in [-0.3, -0.25) is 0 Å². The molecule has 4 heteroatoms. The maximum absolute atomic E-state index is 6.08. The van der Waals surface area contributed by atoms with Crippen molar-refractivity contribution in [2.45, 2.75) is 59.0 Å². The average Bonchev–Trinajstić information content (AvgIpc) is 2.41. The zero-order chi connectivity index (χ0) is 14.9. The van der Waals surface area contributed by atoms with Crippen molar-refractivity contribution in [3.63, 3.8) is 0 Å². The molecule has 0 amide bonds. The van der Waals surface area contributed by atoms with E-state index < -0.39 is 0 Å². The minimum Gasteiger partial charge on any atom is -0.399 e. The third-order valence-electron chi connectivity index (χ3n) is 3.02. The Hall–Kier alpha value is -0.490. The SMILES string of the molecule is CC.CCCC(CCC)(OI)c1ccc(N)cc1N. The Morgan fingerprint density at radius 1 is 1.11 bits per heavy atom. The van der Waals surface area contributed by atoms with Gasteiger partial charge in [0.25, 0.3) is 0 Å². The zero-order valence-corrected chi connectivity index (χ0v) is 14.7. The van der Waals surface area contributed by atoms with E-state index in [4.69, 9.17) is 14.5 Å². The topological polar surface area (TPSA) is 61.3 Å². The number of hydrogen-bond donors (Lipinski definition) is 2. The van der Waals surface area contributed by atoms with Gasteiger partial charge in [0.05, 0.1) is 0 Å². The van der Waals surface area contributed by atoms with E-state index in [0.717, 1.165) is 36.9 Å². The fraction of sp³-hybridized carbons (Fsp3) is 0.600. The summed E-state index contributed by atoms with van der Waals surface area (Å²) in [6.45, 7) is 8.32. The van der Waals surface area contributed by atoms with E-state index in [0.29, 0.717) is 5.69 Å². The lowest BCUT2D eigenvalue weighted by atomic mass is 9.84. The first-order chi connectivity index (χ1) is 9.09. The van der Waals surface area contributed by atoms with Gasteiger partial charge in [0.1, 0.15) is 28.6 Å². The van der Waals surface area contributed by atoms with Crippen LogP contribution in [0.3, 0.4) is 0 Å². The van der Waals surface area contributed by atoms with E-state index >= 15 is 0 Å². The molecular formula is C15H27IN2O. The molecule has 19 heavy (non-hydrogen) atoms. The maximum Gasteiger partial charge on any atom is 0.110 e. The highest BCUT2D eigenvalue weighted by atomic mass is 127. The second-order valence-electron chi connectivity index (χ2n) is 4.42. The van der Waals surface area contributed by atoms with Crippen molar-refractivity contribution in [1.82, 2.24) is 0 Å². The molecule has 1 rings (SSSR count).